The molecule has 208 valence electrons. The Hall–Kier alpha value is -3.32. The van der Waals surface area contributed by atoms with Crippen molar-refractivity contribution in [3.63, 3.8) is 0 Å². The largest absolute Gasteiger partial charge is 0.493 e. The third-order valence-corrected chi connectivity index (χ3v) is 10.1. The van der Waals surface area contributed by atoms with Crippen LogP contribution in [-0.4, -0.2) is 55.3 Å². The Morgan fingerprint density at radius 2 is 1.54 bits per heavy atom. The molecule has 1 unspecified atom stereocenters. The van der Waals surface area contributed by atoms with E-state index in [1.807, 2.05) is 0 Å². The van der Waals surface area contributed by atoms with Crippen LogP contribution in [0.15, 0.2) is 70.5 Å². The molecule has 0 aromatic heterocycles. The Kier molecular flexibility index (Phi) is 8.70. The summed E-state index contributed by atoms with van der Waals surface area (Å²) in [7, 11) is -4.85. The second-order valence-corrected chi connectivity index (χ2v) is 13.2. The number of hydrogen-bond acceptors (Lipinski definition) is 8. The van der Waals surface area contributed by atoms with Gasteiger partial charge in [0.25, 0.3) is 15.9 Å². The first kappa shape index (κ1) is 28.7. The summed E-state index contributed by atoms with van der Waals surface area (Å²) in [5.41, 5.74) is 0.223. The fourth-order valence-corrected chi connectivity index (χ4v) is 7.08. The van der Waals surface area contributed by atoms with Gasteiger partial charge in [0.1, 0.15) is 0 Å². The minimum Gasteiger partial charge on any atom is -0.493 e. The Bertz CT molecular complexity index is 1550. The van der Waals surface area contributed by atoms with Gasteiger partial charge in [-0.05, 0) is 74.0 Å². The topological polar surface area (TPSA) is 140 Å². The van der Waals surface area contributed by atoms with Crippen molar-refractivity contribution in [2.24, 2.45) is 0 Å². The zero-order chi connectivity index (χ0) is 28.2. The molecule has 3 aromatic rings. The van der Waals surface area contributed by atoms with E-state index in [1.54, 1.807) is 0 Å². The fourth-order valence-electron chi connectivity index (χ4n) is 4.17. The molecule has 1 aliphatic rings. The number of benzene rings is 3. The zero-order valence-corrected chi connectivity index (χ0v) is 23.6. The molecule has 0 radical (unpaired) electrons. The lowest BCUT2D eigenvalue weighted by Crippen LogP contribution is -2.38. The van der Waals surface area contributed by atoms with Crippen molar-refractivity contribution in [2.75, 3.05) is 37.3 Å². The van der Waals surface area contributed by atoms with E-state index < -0.39 is 31.0 Å². The van der Waals surface area contributed by atoms with Crippen LogP contribution in [0.2, 0.25) is 5.02 Å². The Balaban J connectivity index is 1.62. The third-order valence-electron chi connectivity index (χ3n) is 6.27. The van der Waals surface area contributed by atoms with Gasteiger partial charge in [-0.25, -0.2) is 16.8 Å². The molecule has 39 heavy (non-hydrogen) atoms. The number of methoxy groups -OCH3 is 2. The van der Waals surface area contributed by atoms with E-state index in [4.69, 9.17) is 21.1 Å². The molecule has 0 spiro atoms. The second-order valence-electron chi connectivity index (χ2n) is 8.80. The third kappa shape index (κ3) is 6.47. The number of rotatable bonds is 9. The standard InChI is InChI=1S/C26H28ClN3O7S2/c1-36-24-14-22(23(15-25(24)37-2)30-39(34,35)20-9-5-17(27)6-10-20)26(31)29-18-7-11-19(12-8-18)38(32,33)21-4-3-13-28-16-21/h5-12,14-15,21,28,30H,3-4,13,16H2,1-2H3,(H,29,31). The smallest absolute Gasteiger partial charge is 0.261 e. The molecule has 13 heteroatoms. The van der Waals surface area contributed by atoms with Crippen molar-refractivity contribution >= 4 is 48.7 Å². The van der Waals surface area contributed by atoms with Crippen molar-refractivity contribution in [2.45, 2.75) is 27.9 Å². The van der Waals surface area contributed by atoms with E-state index in [9.17, 15) is 21.6 Å². The highest BCUT2D eigenvalue weighted by atomic mass is 35.5. The highest BCUT2D eigenvalue weighted by molar-refractivity contribution is 7.92. The molecule has 10 nitrogen and oxygen atoms in total. The van der Waals surface area contributed by atoms with Crippen LogP contribution in [0.3, 0.4) is 0 Å². The maximum atomic E-state index is 13.3. The Labute approximate surface area is 232 Å². The number of nitrogens with one attached hydrogen (secondary N) is 3. The average molecular weight is 594 g/mol. The molecule has 1 fully saturated rings. The maximum absolute atomic E-state index is 13.3. The molecule has 1 heterocycles. The minimum absolute atomic E-state index is 0.0461. The summed E-state index contributed by atoms with van der Waals surface area (Å²) in [5, 5.41) is 5.66. The zero-order valence-electron chi connectivity index (χ0n) is 21.2. The van der Waals surface area contributed by atoms with Crippen molar-refractivity contribution in [3.8, 4) is 11.5 Å². The first-order valence-electron chi connectivity index (χ1n) is 12.0. The number of amides is 1. The van der Waals surface area contributed by atoms with E-state index in [0.29, 0.717) is 23.7 Å². The van der Waals surface area contributed by atoms with Crippen LogP contribution in [0, 0.1) is 0 Å². The summed E-state index contributed by atoms with van der Waals surface area (Å²) in [6.45, 7) is 1.19. The molecule has 0 aliphatic carbocycles. The van der Waals surface area contributed by atoms with Gasteiger partial charge in [-0.1, -0.05) is 11.6 Å². The molecule has 0 bridgehead atoms. The van der Waals surface area contributed by atoms with Gasteiger partial charge in [-0.3, -0.25) is 9.52 Å². The monoisotopic (exact) mass is 593 g/mol. The molecule has 1 aliphatic heterocycles. The van der Waals surface area contributed by atoms with Crippen LogP contribution in [0.1, 0.15) is 23.2 Å². The number of halogens is 1. The number of hydrogen-bond donors (Lipinski definition) is 3. The molecular formula is C26H28ClN3O7S2. The number of carbonyl (C=O) groups excluding carboxylic acids is 1. The lowest BCUT2D eigenvalue weighted by molar-refractivity contribution is 0.102. The Morgan fingerprint density at radius 3 is 2.13 bits per heavy atom. The number of sulfonamides is 1. The highest BCUT2D eigenvalue weighted by Crippen LogP contribution is 2.35. The van der Waals surface area contributed by atoms with Crippen LogP contribution >= 0.6 is 11.6 Å². The summed E-state index contributed by atoms with van der Waals surface area (Å²) in [5.74, 6) is -0.244. The molecule has 1 saturated heterocycles. The molecule has 1 amide bonds. The average Bonchev–Trinajstić information content (AvgIpc) is 2.93. The van der Waals surface area contributed by atoms with Gasteiger partial charge < -0.3 is 20.1 Å². The molecule has 3 aromatic carbocycles. The van der Waals surface area contributed by atoms with Crippen molar-refractivity contribution in [1.29, 1.82) is 0 Å². The van der Waals surface area contributed by atoms with Gasteiger partial charge in [0.15, 0.2) is 21.3 Å². The van der Waals surface area contributed by atoms with Crippen LogP contribution in [0.5, 0.6) is 11.5 Å². The number of piperidine rings is 1. The molecule has 1 atom stereocenters. The summed E-state index contributed by atoms with van der Waals surface area (Å²) in [6.07, 6.45) is 1.37. The molecule has 3 N–H and O–H groups in total. The highest BCUT2D eigenvalue weighted by Gasteiger charge is 2.29. The van der Waals surface area contributed by atoms with Crippen LogP contribution in [0.25, 0.3) is 0 Å². The van der Waals surface area contributed by atoms with E-state index in [0.717, 1.165) is 13.0 Å². The number of ether oxygens (including phenoxy) is 2. The Morgan fingerprint density at radius 1 is 0.923 bits per heavy atom. The van der Waals surface area contributed by atoms with E-state index in [2.05, 4.69) is 15.4 Å². The second kappa shape index (κ2) is 11.8. The summed E-state index contributed by atoms with van der Waals surface area (Å²) >= 11 is 5.88. The lowest BCUT2D eigenvalue weighted by atomic mass is 10.1. The van der Waals surface area contributed by atoms with Crippen molar-refractivity contribution < 1.29 is 31.1 Å². The van der Waals surface area contributed by atoms with Gasteiger partial charge in [0.05, 0.1) is 40.5 Å². The van der Waals surface area contributed by atoms with Gasteiger partial charge >= 0.3 is 0 Å². The minimum atomic E-state index is -4.09. The fraction of sp³-hybridized carbons (Fsp3) is 0.269. The van der Waals surface area contributed by atoms with Crippen LogP contribution in [-0.2, 0) is 19.9 Å². The summed E-state index contributed by atoms with van der Waals surface area (Å²) < 4.78 is 65.0. The molecule has 0 saturated carbocycles. The maximum Gasteiger partial charge on any atom is 0.261 e. The van der Waals surface area contributed by atoms with E-state index in [1.165, 1.54) is 74.9 Å². The number of anilines is 2. The molecule has 4 rings (SSSR count). The SMILES string of the molecule is COc1cc(NS(=O)(=O)c2ccc(Cl)cc2)c(C(=O)Nc2ccc(S(=O)(=O)C3CCCNC3)cc2)cc1OC. The van der Waals surface area contributed by atoms with Crippen LogP contribution < -0.4 is 24.8 Å². The number of sulfone groups is 1. The first-order chi connectivity index (χ1) is 18.5. The van der Waals surface area contributed by atoms with Crippen molar-refractivity contribution in [1.82, 2.24) is 5.32 Å². The first-order valence-corrected chi connectivity index (χ1v) is 15.4. The lowest BCUT2D eigenvalue weighted by Gasteiger charge is -2.23. The molecular weight excluding hydrogens is 566 g/mol. The predicted octanol–water partition coefficient (Wildman–Crippen LogP) is 3.94. The van der Waals surface area contributed by atoms with Gasteiger partial charge in [-0.15, -0.1) is 0 Å². The van der Waals surface area contributed by atoms with Gasteiger partial charge in [0, 0.05) is 23.3 Å². The van der Waals surface area contributed by atoms with Crippen molar-refractivity contribution in [3.05, 3.63) is 71.2 Å². The quantitative estimate of drug-likeness (QED) is 0.339. The van der Waals surface area contributed by atoms with Gasteiger partial charge in [0.2, 0.25) is 0 Å². The normalized spacial score (nSPS) is 15.8. The van der Waals surface area contributed by atoms with E-state index >= 15 is 0 Å². The number of carbonyl (C=O) groups is 1. The summed E-state index contributed by atoms with van der Waals surface area (Å²) in [4.78, 5) is 13.4. The van der Waals surface area contributed by atoms with E-state index in [-0.39, 0.29) is 32.5 Å². The van der Waals surface area contributed by atoms with Crippen LogP contribution in [0.4, 0.5) is 11.4 Å². The summed E-state index contributed by atoms with van der Waals surface area (Å²) in [6, 6.07) is 14.1. The predicted molar refractivity (Wildman–Crippen MR) is 149 cm³/mol. The van der Waals surface area contributed by atoms with Gasteiger partial charge in [-0.2, -0.15) is 0 Å².